The largest absolute Gasteiger partial charge is 0.340 e. The number of fused-ring (bicyclic) bond motifs is 1. The van der Waals surface area contributed by atoms with Gasteiger partial charge >= 0.3 is 0 Å². The van der Waals surface area contributed by atoms with Crippen molar-refractivity contribution in [1.29, 1.82) is 0 Å². The Hall–Kier alpha value is -1.80. The number of rotatable bonds is 3. The van der Waals surface area contributed by atoms with Crippen LogP contribution in [0.5, 0.6) is 0 Å². The first-order chi connectivity index (χ1) is 9.97. The van der Waals surface area contributed by atoms with Crippen molar-refractivity contribution in [2.45, 2.75) is 33.7 Å². The highest BCUT2D eigenvalue weighted by Crippen LogP contribution is 2.25. The van der Waals surface area contributed by atoms with Gasteiger partial charge in [0.05, 0.1) is 5.39 Å². The molecule has 110 valence electrons. The Morgan fingerprint density at radius 3 is 2.81 bits per heavy atom. The van der Waals surface area contributed by atoms with Crippen LogP contribution in [0.2, 0.25) is 0 Å². The summed E-state index contributed by atoms with van der Waals surface area (Å²) < 4.78 is 6.91. The monoisotopic (exact) mass is 322 g/mol. The maximum Gasteiger partial charge on any atom is 0.263 e. The lowest BCUT2D eigenvalue weighted by molar-refractivity contribution is 0.386. The molecule has 6 nitrogen and oxygen atoms in total. The average molecular weight is 322 g/mol. The van der Waals surface area contributed by atoms with Crippen LogP contribution in [-0.4, -0.2) is 19.7 Å². The molecule has 0 amide bonds. The molecule has 0 aliphatic heterocycles. The lowest BCUT2D eigenvalue weighted by atomic mass is 10.2. The number of hydrogen-bond donors (Lipinski definition) is 1. The van der Waals surface area contributed by atoms with E-state index >= 15 is 0 Å². The quantitative estimate of drug-likeness (QED) is 0.750. The fourth-order valence-corrected chi connectivity index (χ4v) is 3.61. The summed E-state index contributed by atoms with van der Waals surface area (Å²) in [5, 5.41) is 4.55. The number of nitrogens with zero attached hydrogens (tertiary/aromatic N) is 3. The second-order valence-corrected chi connectivity index (χ2v) is 6.47. The molecule has 0 spiro atoms. The van der Waals surface area contributed by atoms with E-state index in [4.69, 9.17) is 16.7 Å². The molecule has 3 aromatic heterocycles. The molecule has 1 N–H and O–H groups in total. The summed E-state index contributed by atoms with van der Waals surface area (Å²) in [4.78, 5) is 21.9. The van der Waals surface area contributed by atoms with E-state index < -0.39 is 0 Å². The van der Waals surface area contributed by atoms with Crippen LogP contribution in [0.1, 0.15) is 22.2 Å². The molecule has 0 aliphatic carbocycles. The number of thiophene rings is 1. The molecular weight excluding hydrogens is 308 g/mol. The summed E-state index contributed by atoms with van der Waals surface area (Å²) in [7, 11) is 0. The normalized spacial score (nSPS) is 11.4. The van der Waals surface area contributed by atoms with E-state index in [2.05, 4.69) is 15.1 Å². The maximum atomic E-state index is 12.6. The van der Waals surface area contributed by atoms with Gasteiger partial charge in [-0.15, -0.1) is 11.3 Å². The standard InChI is InChI=1S/C13H14N4O2S2/c1-6-7(2)21-11-10(6)12(18)17(13(20)15-11)5-4-9-14-8(3)19-16-9/h4-5H2,1-3H3,(H,15,20). The number of H-pyrrole nitrogens is 1. The van der Waals surface area contributed by atoms with Gasteiger partial charge in [-0.1, -0.05) is 5.16 Å². The average Bonchev–Trinajstić information content (AvgIpc) is 2.94. The molecule has 0 fully saturated rings. The van der Waals surface area contributed by atoms with Gasteiger partial charge in [0.2, 0.25) is 5.89 Å². The zero-order valence-corrected chi connectivity index (χ0v) is 13.5. The van der Waals surface area contributed by atoms with Crippen LogP contribution in [0.25, 0.3) is 10.2 Å². The van der Waals surface area contributed by atoms with E-state index in [0.29, 0.717) is 29.5 Å². The molecule has 0 unspecified atom stereocenters. The Morgan fingerprint density at radius 2 is 2.14 bits per heavy atom. The van der Waals surface area contributed by atoms with Crippen LogP contribution in [0.4, 0.5) is 0 Å². The number of aromatic nitrogens is 4. The van der Waals surface area contributed by atoms with E-state index in [9.17, 15) is 4.79 Å². The van der Waals surface area contributed by atoms with Crippen LogP contribution in [0.3, 0.4) is 0 Å². The second-order valence-electron chi connectivity index (χ2n) is 4.85. The Labute approximate surface area is 129 Å². The molecule has 0 aromatic carbocycles. The predicted molar refractivity (Wildman–Crippen MR) is 83.5 cm³/mol. The minimum atomic E-state index is -0.0594. The van der Waals surface area contributed by atoms with Crippen LogP contribution in [-0.2, 0) is 13.0 Å². The smallest absolute Gasteiger partial charge is 0.263 e. The lowest BCUT2D eigenvalue weighted by Gasteiger charge is -2.04. The number of aryl methyl sites for hydroxylation is 4. The van der Waals surface area contributed by atoms with Gasteiger partial charge in [-0.25, -0.2) is 0 Å². The van der Waals surface area contributed by atoms with Crippen molar-refractivity contribution in [1.82, 2.24) is 19.7 Å². The third-order valence-electron chi connectivity index (χ3n) is 3.44. The van der Waals surface area contributed by atoms with Gasteiger partial charge in [-0.2, -0.15) is 4.98 Å². The highest BCUT2D eigenvalue weighted by atomic mass is 32.1. The Kier molecular flexibility index (Phi) is 3.50. The summed E-state index contributed by atoms with van der Waals surface area (Å²) in [5.74, 6) is 1.09. The van der Waals surface area contributed by atoms with Crippen molar-refractivity contribution in [2.24, 2.45) is 0 Å². The van der Waals surface area contributed by atoms with Crippen molar-refractivity contribution in [3.8, 4) is 0 Å². The van der Waals surface area contributed by atoms with Crippen molar-refractivity contribution in [3.05, 3.63) is 37.3 Å². The first-order valence-electron chi connectivity index (χ1n) is 6.49. The van der Waals surface area contributed by atoms with Crippen LogP contribution in [0, 0.1) is 25.5 Å². The Bertz CT molecular complexity index is 932. The number of nitrogens with one attached hydrogen (secondary N) is 1. The molecule has 0 saturated heterocycles. The minimum absolute atomic E-state index is 0.0594. The van der Waals surface area contributed by atoms with E-state index in [1.54, 1.807) is 22.8 Å². The van der Waals surface area contributed by atoms with Crippen molar-refractivity contribution < 1.29 is 4.52 Å². The zero-order chi connectivity index (χ0) is 15.1. The Balaban J connectivity index is 2.04. The Morgan fingerprint density at radius 1 is 1.38 bits per heavy atom. The third-order valence-corrected chi connectivity index (χ3v) is 4.88. The molecule has 0 aliphatic rings. The predicted octanol–water partition coefficient (Wildman–Crippen LogP) is 2.67. The minimum Gasteiger partial charge on any atom is -0.340 e. The van der Waals surface area contributed by atoms with Gasteiger partial charge in [-0.3, -0.25) is 9.36 Å². The van der Waals surface area contributed by atoms with E-state index in [1.165, 1.54) is 0 Å². The van der Waals surface area contributed by atoms with E-state index in [1.807, 2.05) is 13.8 Å². The topological polar surface area (TPSA) is 76.7 Å². The van der Waals surface area contributed by atoms with Gasteiger partial charge in [0.1, 0.15) is 4.83 Å². The fraction of sp³-hybridized carbons (Fsp3) is 0.385. The summed E-state index contributed by atoms with van der Waals surface area (Å²) in [5.41, 5.74) is 0.950. The third kappa shape index (κ3) is 2.44. The zero-order valence-electron chi connectivity index (χ0n) is 11.9. The summed E-state index contributed by atoms with van der Waals surface area (Å²) >= 11 is 6.85. The molecule has 0 saturated carbocycles. The SMILES string of the molecule is Cc1nc(CCn2c(=S)[nH]c3sc(C)c(C)c3c2=O)no1. The highest BCUT2D eigenvalue weighted by Gasteiger charge is 2.13. The molecule has 3 heterocycles. The van der Waals surface area contributed by atoms with Crippen LogP contribution >= 0.6 is 23.6 Å². The van der Waals surface area contributed by atoms with E-state index in [0.717, 1.165) is 20.7 Å². The first-order valence-corrected chi connectivity index (χ1v) is 7.72. The van der Waals surface area contributed by atoms with Gasteiger partial charge in [-0.05, 0) is 31.6 Å². The first kappa shape index (κ1) is 14.2. The van der Waals surface area contributed by atoms with Crippen molar-refractivity contribution in [3.63, 3.8) is 0 Å². The highest BCUT2D eigenvalue weighted by molar-refractivity contribution is 7.71. The molecular formula is C13H14N4O2S2. The van der Waals surface area contributed by atoms with E-state index in [-0.39, 0.29) is 5.56 Å². The molecule has 0 radical (unpaired) electrons. The maximum absolute atomic E-state index is 12.6. The summed E-state index contributed by atoms with van der Waals surface area (Å²) in [6, 6.07) is 0. The molecule has 8 heteroatoms. The van der Waals surface area contributed by atoms with Gasteiger partial charge in [0, 0.05) is 24.8 Å². The lowest BCUT2D eigenvalue weighted by Crippen LogP contribution is -2.23. The summed E-state index contributed by atoms with van der Waals surface area (Å²) in [6.07, 6.45) is 0.502. The van der Waals surface area contributed by atoms with Gasteiger partial charge < -0.3 is 9.51 Å². The summed E-state index contributed by atoms with van der Waals surface area (Å²) in [6.45, 7) is 6.12. The number of aromatic amines is 1. The van der Waals surface area contributed by atoms with Crippen LogP contribution in [0.15, 0.2) is 9.32 Å². The van der Waals surface area contributed by atoms with Crippen molar-refractivity contribution >= 4 is 33.8 Å². The fourth-order valence-electron chi connectivity index (χ4n) is 2.22. The second kappa shape index (κ2) is 5.19. The molecule has 21 heavy (non-hydrogen) atoms. The molecule has 3 rings (SSSR count). The van der Waals surface area contributed by atoms with Gasteiger partial charge in [0.15, 0.2) is 10.6 Å². The molecule has 0 atom stereocenters. The molecule has 3 aromatic rings. The number of hydrogen-bond acceptors (Lipinski definition) is 6. The van der Waals surface area contributed by atoms with Gasteiger partial charge in [0.25, 0.3) is 5.56 Å². The van der Waals surface area contributed by atoms with Crippen molar-refractivity contribution in [2.75, 3.05) is 0 Å². The van der Waals surface area contributed by atoms with Crippen LogP contribution < -0.4 is 5.56 Å². The molecule has 0 bridgehead atoms.